The Morgan fingerprint density at radius 2 is 1.00 bits per heavy atom. The van der Waals surface area contributed by atoms with Gasteiger partial charge in [0.1, 0.15) is 11.2 Å². The van der Waals surface area contributed by atoms with Crippen LogP contribution >= 0.6 is 0 Å². The van der Waals surface area contributed by atoms with E-state index in [4.69, 9.17) is 4.42 Å². The number of para-hydroxylation sites is 1. The minimum absolute atomic E-state index is 0.286. The Morgan fingerprint density at radius 1 is 0.421 bits per heavy atom. The van der Waals surface area contributed by atoms with Crippen LogP contribution in [0.1, 0.15) is 39.3 Å². The summed E-state index contributed by atoms with van der Waals surface area (Å²) in [5, 5.41) is 4.87. The molecule has 11 rings (SSSR count). The second kappa shape index (κ2) is 14.8. The summed E-state index contributed by atoms with van der Waals surface area (Å²) >= 11 is 0. The first kappa shape index (κ1) is 34.3. The number of fused-ring (bicyclic) bond motifs is 7. The van der Waals surface area contributed by atoms with Crippen LogP contribution in [0.15, 0.2) is 217 Å². The van der Waals surface area contributed by atoms with Gasteiger partial charge in [-0.2, -0.15) is 0 Å². The lowest BCUT2D eigenvalue weighted by atomic mass is 9.89. The molecule has 57 heavy (non-hydrogen) atoms. The van der Waals surface area contributed by atoms with Gasteiger partial charge in [0.05, 0.1) is 0 Å². The van der Waals surface area contributed by atoms with Gasteiger partial charge in [-0.15, -0.1) is 0 Å². The van der Waals surface area contributed by atoms with E-state index in [1.165, 1.54) is 77.5 Å². The fourth-order valence-corrected chi connectivity index (χ4v) is 8.59. The Labute approximate surface area is 333 Å². The molecule has 10 aromatic rings. The molecule has 1 atom stereocenters. The van der Waals surface area contributed by atoms with Crippen LogP contribution in [-0.4, -0.2) is 0 Å². The number of rotatable bonds is 6. The molecule has 1 aliphatic rings. The Balaban J connectivity index is 0.000000282. The molecule has 0 fully saturated rings. The molecule has 1 aliphatic carbocycles. The summed E-state index contributed by atoms with van der Waals surface area (Å²) in [6.07, 6.45) is 2.80. The molecular formula is C56H40O. The summed E-state index contributed by atoms with van der Waals surface area (Å²) in [5.74, 6) is 0.286. The number of hydrogen-bond acceptors (Lipinski definition) is 1. The highest BCUT2D eigenvalue weighted by Crippen LogP contribution is 2.49. The topological polar surface area (TPSA) is 13.1 Å². The van der Waals surface area contributed by atoms with Crippen molar-refractivity contribution >= 4 is 38.8 Å². The zero-order chi connectivity index (χ0) is 38.1. The normalized spacial score (nSPS) is 12.9. The average molecular weight is 729 g/mol. The van der Waals surface area contributed by atoms with Crippen LogP contribution in [0.25, 0.3) is 72.2 Å². The standard InChI is InChI=1S/C44H30O.C12H10/c1-2-8-33(9-3-1)44-38-12-5-4-10-36(38)40-27-34(22-24-39(40)44)31-18-14-29(15-19-31)26-30-16-20-32(21-17-30)35-23-25-43-41(28-35)37-11-6-7-13-42(37)45-43;1-2-10-7-5-8-11-6-3-4-9-12(10)11/h1-25,27-28,44H,26H2;2-9H,1H2. The van der Waals surface area contributed by atoms with Crippen LogP contribution in [0.2, 0.25) is 0 Å². The third kappa shape index (κ3) is 6.54. The molecule has 270 valence electrons. The third-order valence-corrected chi connectivity index (χ3v) is 11.5. The third-order valence-electron chi connectivity index (χ3n) is 11.5. The van der Waals surface area contributed by atoms with Crippen molar-refractivity contribution in [3.05, 3.63) is 246 Å². The fourth-order valence-electron chi connectivity index (χ4n) is 8.59. The molecule has 1 heteroatoms. The molecular weight excluding hydrogens is 689 g/mol. The van der Waals surface area contributed by atoms with E-state index in [0.29, 0.717) is 0 Å². The van der Waals surface area contributed by atoms with E-state index in [1.54, 1.807) is 0 Å². The van der Waals surface area contributed by atoms with Crippen molar-refractivity contribution in [1.29, 1.82) is 0 Å². The monoisotopic (exact) mass is 728 g/mol. The van der Waals surface area contributed by atoms with E-state index in [9.17, 15) is 0 Å². The van der Waals surface area contributed by atoms with E-state index in [0.717, 1.165) is 28.4 Å². The molecule has 1 unspecified atom stereocenters. The van der Waals surface area contributed by atoms with Gasteiger partial charge >= 0.3 is 0 Å². The van der Waals surface area contributed by atoms with Gasteiger partial charge in [-0.25, -0.2) is 0 Å². The van der Waals surface area contributed by atoms with E-state index >= 15 is 0 Å². The highest BCUT2D eigenvalue weighted by atomic mass is 16.3. The minimum Gasteiger partial charge on any atom is -0.456 e. The summed E-state index contributed by atoms with van der Waals surface area (Å²) < 4.78 is 6.02. The van der Waals surface area contributed by atoms with Crippen LogP contribution in [0.4, 0.5) is 0 Å². The average Bonchev–Trinajstić information content (AvgIpc) is 3.82. The second-order valence-electron chi connectivity index (χ2n) is 14.9. The molecule has 1 heterocycles. The van der Waals surface area contributed by atoms with Crippen molar-refractivity contribution < 1.29 is 4.42 Å². The van der Waals surface area contributed by atoms with Gasteiger partial charge in [0, 0.05) is 16.7 Å². The van der Waals surface area contributed by atoms with Crippen LogP contribution in [0.5, 0.6) is 0 Å². The maximum Gasteiger partial charge on any atom is 0.135 e. The zero-order valence-corrected chi connectivity index (χ0v) is 31.6. The van der Waals surface area contributed by atoms with Crippen molar-refractivity contribution in [1.82, 2.24) is 0 Å². The van der Waals surface area contributed by atoms with Gasteiger partial charge in [-0.05, 0) is 108 Å². The lowest BCUT2D eigenvalue weighted by Gasteiger charge is -2.14. The summed E-state index contributed by atoms with van der Waals surface area (Å²) in [6, 6.07) is 74.1. The number of hydrogen-bond donors (Lipinski definition) is 0. The highest BCUT2D eigenvalue weighted by Gasteiger charge is 2.29. The van der Waals surface area contributed by atoms with Crippen LogP contribution in [0.3, 0.4) is 0 Å². The summed E-state index contributed by atoms with van der Waals surface area (Å²) in [7, 11) is 0. The van der Waals surface area contributed by atoms with Crippen molar-refractivity contribution in [2.75, 3.05) is 0 Å². The van der Waals surface area contributed by atoms with Crippen molar-refractivity contribution in [2.45, 2.75) is 12.3 Å². The van der Waals surface area contributed by atoms with E-state index in [1.807, 2.05) is 18.2 Å². The Hall–Kier alpha value is -7.22. The first-order valence-corrected chi connectivity index (χ1v) is 19.7. The molecule has 0 bridgehead atoms. The van der Waals surface area contributed by atoms with Crippen LogP contribution < -0.4 is 0 Å². The predicted octanol–water partition coefficient (Wildman–Crippen LogP) is 15.2. The number of furan rings is 1. The molecule has 0 N–H and O–H groups in total. The quantitative estimate of drug-likeness (QED) is 0.166. The van der Waals surface area contributed by atoms with E-state index < -0.39 is 0 Å². The van der Waals surface area contributed by atoms with E-state index in [2.05, 4.69) is 201 Å². The summed E-state index contributed by atoms with van der Waals surface area (Å²) in [5.41, 5.74) is 17.5. The smallest absolute Gasteiger partial charge is 0.135 e. The van der Waals surface area contributed by atoms with Gasteiger partial charge in [0.2, 0.25) is 0 Å². The van der Waals surface area contributed by atoms with Gasteiger partial charge in [0.15, 0.2) is 0 Å². The molecule has 0 spiro atoms. The van der Waals surface area contributed by atoms with Gasteiger partial charge in [-0.3, -0.25) is 0 Å². The minimum atomic E-state index is 0.286. The first-order valence-electron chi connectivity index (χ1n) is 19.7. The van der Waals surface area contributed by atoms with Crippen LogP contribution in [-0.2, 0) is 6.42 Å². The fraction of sp³-hybridized carbons (Fsp3) is 0.0357. The maximum absolute atomic E-state index is 6.02. The Kier molecular flexibility index (Phi) is 8.89. The van der Waals surface area contributed by atoms with E-state index in [-0.39, 0.29) is 5.92 Å². The molecule has 0 aliphatic heterocycles. The Morgan fingerprint density at radius 3 is 1.77 bits per heavy atom. The van der Waals surface area contributed by atoms with Crippen molar-refractivity contribution in [2.24, 2.45) is 0 Å². The van der Waals surface area contributed by atoms with Gasteiger partial charge < -0.3 is 4.42 Å². The lowest BCUT2D eigenvalue weighted by molar-refractivity contribution is 0.669. The maximum atomic E-state index is 6.02. The molecule has 1 nitrogen and oxygen atoms in total. The number of benzene rings is 9. The van der Waals surface area contributed by atoms with Crippen molar-refractivity contribution in [3.63, 3.8) is 0 Å². The molecule has 1 aromatic heterocycles. The summed E-state index contributed by atoms with van der Waals surface area (Å²) in [4.78, 5) is 0. The lowest BCUT2D eigenvalue weighted by Crippen LogP contribution is -1.98. The molecule has 0 saturated carbocycles. The molecule has 9 aromatic carbocycles. The second-order valence-corrected chi connectivity index (χ2v) is 14.9. The molecule has 0 amide bonds. The van der Waals surface area contributed by atoms with Gasteiger partial charge in [-0.1, -0.05) is 195 Å². The van der Waals surface area contributed by atoms with Crippen LogP contribution in [0, 0.1) is 0 Å². The van der Waals surface area contributed by atoms with Crippen molar-refractivity contribution in [3.8, 4) is 33.4 Å². The highest BCUT2D eigenvalue weighted by molar-refractivity contribution is 6.06. The predicted molar refractivity (Wildman–Crippen MR) is 241 cm³/mol. The largest absolute Gasteiger partial charge is 0.456 e. The molecule has 0 saturated heterocycles. The van der Waals surface area contributed by atoms with Gasteiger partial charge in [0.25, 0.3) is 0 Å². The Bertz CT molecular complexity index is 3030. The summed E-state index contributed by atoms with van der Waals surface area (Å²) in [6.45, 7) is 3.78. The zero-order valence-electron chi connectivity index (χ0n) is 31.6. The SMILES string of the molecule is C=Cc1cccc2ccccc12.c1ccc(C2c3ccccc3-c3cc(-c4ccc(Cc5ccc(-c6ccc7oc8ccccc8c7c6)cc5)cc4)ccc32)cc1. The first-order chi connectivity index (χ1) is 28.2. The molecule has 0 radical (unpaired) electrons.